The monoisotopic (exact) mass is 278 g/mol. The second-order valence-corrected chi connectivity index (χ2v) is 5.38. The number of amidine groups is 1. The van der Waals surface area contributed by atoms with Gasteiger partial charge in [-0.3, -0.25) is 14.7 Å². The van der Waals surface area contributed by atoms with E-state index >= 15 is 0 Å². The number of amides is 1. The number of aliphatic imine (C=N–C) groups is 1. The van der Waals surface area contributed by atoms with Gasteiger partial charge in [0.1, 0.15) is 5.84 Å². The Morgan fingerprint density at radius 1 is 0.905 bits per heavy atom. The highest BCUT2D eigenvalue weighted by molar-refractivity contribution is 6.36. The third kappa shape index (κ3) is 1.88. The van der Waals surface area contributed by atoms with Crippen LogP contribution in [0.2, 0.25) is 0 Å². The average Bonchev–Trinajstić information content (AvgIpc) is 2.78. The molecule has 1 aliphatic rings. The van der Waals surface area contributed by atoms with Crippen molar-refractivity contribution in [3.05, 3.63) is 64.2 Å². The normalized spacial score (nSPS) is 15.7. The largest absolute Gasteiger partial charge is 0.271 e. The van der Waals surface area contributed by atoms with Crippen LogP contribution in [0.25, 0.3) is 0 Å². The summed E-state index contributed by atoms with van der Waals surface area (Å²) in [5.74, 6) is 0.722. The number of nitrogens with zero attached hydrogens (tertiary/aromatic N) is 2. The molecule has 1 amide bonds. The van der Waals surface area contributed by atoms with Crippen molar-refractivity contribution in [3.63, 3.8) is 0 Å². The second kappa shape index (κ2) is 4.85. The van der Waals surface area contributed by atoms with Crippen LogP contribution in [-0.4, -0.2) is 18.8 Å². The Hall–Kier alpha value is -2.42. The van der Waals surface area contributed by atoms with Gasteiger partial charge in [-0.2, -0.15) is 0 Å². The van der Waals surface area contributed by atoms with E-state index in [9.17, 15) is 4.79 Å². The molecule has 0 fully saturated rings. The first-order valence-electron chi connectivity index (χ1n) is 7.03. The van der Waals surface area contributed by atoms with E-state index < -0.39 is 0 Å². The number of fused-ring (bicyclic) bond motifs is 1. The highest BCUT2D eigenvalue weighted by atomic mass is 16.2. The summed E-state index contributed by atoms with van der Waals surface area (Å²) in [5.41, 5.74) is 6.11. The maximum Gasteiger partial charge on any atom is 0.264 e. The molecule has 0 aliphatic carbocycles. The fourth-order valence-corrected chi connectivity index (χ4v) is 2.83. The molecule has 3 nitrogen and oxygen atoms in total. The third-order valence-corrected chi connectivity index (χ3v) is 4.30. The Morgan fingerprint density at radius 3 is 2.24 bits per heavy atom. The zero-order valence-electron chi connectivity index (χ0n) is 12.8. The van der Waals surface area contributed by atoms with Crippen LogP contribution in [0, 0.1) is 20.8 Å². The number of rotatable bonds is 1. The molecule has 0 aromatic heterocycles. The molecule has 2 aromatic carbocycles. The summed E-state index contributed by atoms with van der Waals surface area (Å²) in [4.78, 5) is 18.8. The van der Waals surface area contributed by atoms with Crippen molar-refractivity contribution in [2.24, 2.45) is 4.99 Å². The number of carbonyl (C=O) groups excluding carboxylic acids is 1. The fourth-order valence-electron chi connectivity index (χ4n) is 2.83. The van der Waals surface area contributed by atoms with Gasteiger partial charge in [0.15, 0.2) is 0 Å². The maximum atomic E-state index is 12.8. The molecule has 106 valence electrons. The zero-order chi connectivity index (χ0) is 15.1. The molecule has 0 bridgehead atoms. The summed E-state index contributed by atoms with van der Waals surface area (Å²) in [7, 11) is 1.73. The molecule has 0 N–H and O–H groups in total. The molecule has 3 rings (SSSR count). The van der Waals surface area contributed by atoms with E-state index in [0.29, 0.717) is 0 Å². The average molecular weight is 278 g/mol. The lowest BCUT2D eigenvalue weighted by atomic mass is 10.0. The van der Waals surface area contributed by atoms with Gasteiger partial charge in [0.25, 0.3) is 5.91 Å². The Labute approximate surface area is 124 Å². The number of hydrogen-bond acceptors (Lipinski definition) is 2. The van der Waals surface area contributed by atoms with Crippen LogP contribution in [0.3, 0.4) is 0 Å². The van der Waals surface area contributed by atoms with Crippen LogP contribution in [-0.2, 0) is 0 Å². The van der Waals surface area contributed by atoms with E-state index in [-0.39, 0.29) is 5.91 Å². The van der Waals surface area contributed by atoms with Crippen molar-refractivity contribution in [1.82, 2.24) is 0 Å². The van der Waals surface area contributed by atoms with Gasteiger partial charge >= 0.3 is 0 Å². The van der Waals surface area contributed by atoms with Gasteiger partial charge in [0.05, 0.1) is 11.3 Å². The van der Waals surface area contributed by atoms with E-state index in [1.165, 1.54) is 11.1 Å². The Morgan fingerprint density at radius 2 is 1.57 bits per heavy atom. The fraction of sp³-hybridized carbons (Fsp3) is 0.222. The third-order valence-electron chi connectivity index (χ3n) is 4.30. The lowest BCUT2D eigenvalue weighted by Crippen LogP contribution is -2.31. The van der Waals surface area contributed by atoms with Crippen molar-refractivity contribution in [2.45, 2.75) is 20.8 Å². The molecule has 1 heterocycles. The molecule has 0 saturated heterocycles. The predicted octanol–water partition coefficient (Wildman–Crippen LogP) is 3.65. The van der Waals surface area contributed by atoms with Crippen molar-refractivity contribution in [3.8, 4) is 0 Å². The van der Waals surface area contributed by atoms with Crippen LogP contribution in [0.15, 0.2) is 41.4 Å². The SMILES string of the molecule is CN=C1c2ccccc2C(=O)N1c1ccc(C)c(C)c1C. The molecule has 0 atom stereocenters. The topological polar surface area (TPSA) is 32.7 Å². The molecule has 0 saturated carbocycles. The molecular formula is C18H18N2O. The minimum absolute atomic E-state index is 0.00227. The minimum atomic E-state index is -0.00227. The number of anilines is 1. The molecule has 1 aliphatic heterocycles. The van der Waals surface area contributed by atoms with Gasteiger partial charge in [-0.1, -0.05) is 24.3 Å². The van der Waals surface area contributed by atoms with Crippen molar-refractivity contribution >= 4 is 17.4 Å². The number of carbonyl (C=O) groups is 1. The smallest absolute Gasteiger partial charge is 0.264 e. The van der Waals surface area contributed by atoms with Gasteiger partial charge in [0.2, 0.25) is 0 Å². The Bertz CT molecular complexity index is 775. The number of hydrogen-bond donors (Lipinski definition) is 0. The summed E-state index contributed by atoms with van der Waals surface area (Å²) >= 11 is 0. The minimum Gasteiger partial charge on any atom is -0.271 e. The summed E-state index contributed by atoms with van der Waals surface area (Å²) in [6, 6.07) is 11.7. The van der Waals surface area contributed by atoms with Crippen LogP contribution >= 0.6 is 0 Å². The molecule has 21 heavy (non-hydrogen) atoms. The molecule has 0 radical (unpaired) electrons. The van der Waals surface area contributed by atoms with E-state index in [2.05, 4.69) is 31.8 Å². The van der Waals surface area contributed by atoms with E-state index in [4.69, 9.17) is 0 Å². The summed E-state index contributed by atoms with van der Waals surface area (Å²) in [5, 5.41) is 0. The first kappa shape index (κ1) is 13.6. The molecule has 3 heteroatoms. The van der Waals surface area contributed by atoms with Gasteiger partial charge < -0.3 is 0 Å². The van der Waals surface area contributed by atoms with Gasteiger partial charge in [0, 0.05) is 12.6 Å². The lowest BCUT2D eigenvalue weighted by Gasteiger charge is -2.21. The lowest BCUT2D eigenvalue weighted by molar-refractivity contribution is 0.101. The van der Waals surface area contributed by atoms with Crippen LogP contribution in [0.1, 0.15) is 32.6 Å². The predicted molar refractivity (Wildman–Crippen MR) is 86.4 cm³/mol. The van der Waals surface area contributed by atoms with Crippen LogP contribution < -0.4 is 4.90 Å². The highest BCUT2D eigenvalue weighted by Crippen LogP contribution is 2.32. The first-order valence-corrected chi connectivity index (χ1v) is 7.03. The standard InChI is InChI=1S/C18H18N2O/c1-11-9-10-16(13(3)12(11)2)20-17(19-4)14-7-5-6-8-15(14)18(20)21/h5-10H,1-4H3. The zero-order valence-corrected chi connectivity index (χ0v) is 12.8. The maximum absolute atomic E-state index is 12.8. The second-order valence-electron chi connectivity index (χ2n) is 5.38. The molecule has 2 aromatic rings. The Kier molecular flexibility index (Phi) is 3.13. The highest BCUT2D eigenvalue weighted by Gasteiger charge is 2.35. The molecule has 0 spiro atoms. The van der Waals surface area contributed by atoms with E-state index in [1.807, 2.05) is 30.3 Å². The summed E-state index contributed by atoms with van der Waals surface area (Å²) < 4.78 is 0. The number of benzene rings is 2. The van der Waals surface area contributed by atoms with E-state index in [1.54, 1.807) is 11.9 Å². The van der Waals surface area contributed by atoms with E-state index in [0.717, 1.165) is 28.2 Å². The van der Waals surface area contributed by atoms with Gasteiger partial charge in [-0.15, -0.1) is 0 Å². The van der Waals surface area contributed by atoms with Crippen LogP contribution in [0.5, 0.6) is 0 Å². The van der Waals surface area contributed by atoms with Crippen molar-refractivity contribution < 1.29 is 4.79 Å². The Balaban J connectivity index is 2.22. The summed E-state index contributed by atoms with van der Waals surface area (Å²) in [6.45, 7) is 6.23. The van der Waals surface area contributed by atoms with Crippen molar-refractivity contribution in [2.75, 3.05) is 11.9 Å². The summed E-state index contributed by atoms with van der Waals surface area (Å²) in [6.07, 6.45) is 0. The quantitative estimate of drug-likeness (QED) is 0.783. The van der Waals surface area contributed by atoms with Crippen molar-refractivity contribution in [1.29, 1.82) is 0 Å². The molecule has 0 unspecified atom stereocenters. The number of aryl methyl sites for hydroxylation is 1. The van der Waals surface area contributed by atoms with Crippen LogP contribution in [0.4, 0.5) is 5.69 Å². The first-order chi connectivity index (χ1) is 10.1. The van der Waals surface area contributed by atoms with Gasteiger partial charge in [-0.05, 0) is 49.6 Å². The van der Waals surface area contributed by atoms with Gasteiger partial charge in [-0.25, -0.2) is 0 Å². The molecular weight excluding hydrogens is 260 g/mol.